The van der Waals surface area contributed by atoms with Gasteiger partial charge in [-0.2, -0.15) is 5.26 Å². The van der Waals surface area contributed by atoms with Crippen LogP contribution in [0.2, 0.25) is 0 Å². The zero-order valence-electron chi connectivity index (χ0n) is 19.1. The summed E-state index contributed by atoms with van der Waals surface area (Å²) >= 11 is 0. The predicted molar refractivity (Wildman–Crippen MR) is 119 cm³/mol. The zero-order chi connectivity index (χ0) is 24.5. The molecule has 0 N–H and O–H groups in total. The van der Waals surface area contributed by atoms with Crippen molar-refractivity contribution in [3.63, 3.8) is 0 Å². The number of nitriles is 1. The lowest BCUT2D eigenvalue weighted by Gasteiger charge is -2.28. The fraction of sp³-hybridized carbons (Fsp3) is 0.462. The van der Waals surface area contributed by atoms with Gasteiger partial charge in [-0.1, -0.05) is 19.8 Å². The minimum absolute atomic E-state index is 0.0195. The van der Waals surface area contributed by atoms with Gasteiger partial charge >= 0.3 is 5.97 Å². The maximum Gasteiger partial charge on any atom is 0.349 e. The summed E-state index contributed by atoms with van der Waals surface area (Å²) in [6.45, 7) is 3.25. The SMILES string of the molecule is CCCCCOC1CCC(COc2cc(F)c(C(=O)Oc3ccc(C#N)c(F)c3)c(F)c2)CC1. The highest BCUT2D eigenvalue weighted by Gasteiger charge is 2.24. The number of unbranched alkanes of at least 4 members (excludes halogenated alkanes) is 2. The Morgan fingerprint density at radius 1 is 1.00 bits per heavy atom. The molecular weight excluding hydrogens is 447 g/mol. The Bertz CT molecular complexity index is 1010. The first kappa shape index (κ1) is 25.6. The van der Waals surface area contributed by atoms with E-state index in [9.17, 15) is 18.0 Å². The third-order valence-electron chi connectivity index (χ3n) is 5.87. The number of rotatable bonds is 10. The Morgan fingerprint density at radius 2 is 1.68 bits per heavy atom. The number of carbonyl (C=O) groups is 1. The number of carbonyl (C=O) groups excluding carboxylic acids is 1. The van der Waals surface area contributed by atoms with Crippen LogP contribution in [0.5, 0.6) is 11.5 Å². The molecule has 0 heterocycles. The van der Waals surface area contributed by atoms with Crippen molar-refractivity contribution in [1.82, 2.24) is 0 Å². The van der Waals surface area contributed by atoms with E-state index < -0.39 is 29.0 Å². The van der Waals surface area contributed by atoms with Crippen LogP contribution in [0.15, 0.2) is 30.3 Å². The Balaban J connectivity index is 1.52. The van der Waals surface area contributed by atoms with E-state index in [4.69, 9.17) is 19.5 Å². The molecule has 2 aromatic rings. The molecule has 0 atom stereocenters. The maximum absolute atomic E-state index is 14.5. The average Bonchev–Trinajstić information content (AvgIpc) is 2.81. The van der Waals surface area contributed by atoms with Crippen molar-refractivity contribution in [3.05, 3.63) is 58.9 Å². The molecule has 3 rings (SSSR count). The number of hydrogen-bond donors (Lipinski definition) is 0. The Kier molecular flexibility index (Phi) is 9.34. The fourth-order valence-corrected chi connectivity index (χ4v) is 3.92. The second-order valence-electron chi connectivity index (χ2n) is 8.44. The molecule has 0 unspecified atom stereocenters. The van der Waals surface area contributed by atoms with Crippen molar-refractivity contribution in [2.24, 2.45) is 5.92 Å². The third kappa shape index (κ3) is 6.97. The number of hydrogen-bond acceptors (Lipinski definition) is 5. The molecule has 1 fully saturated rings. The van der Waals surface area contributed by atoms with E-state index in [-0.39, 0.29) is 29.1 Å². The van der Waals surface area contributed by atoms with Gasteiger partial charge in [0, 0.05) is 24.8 Å². The molecule has 1 aliphatic rings. The molecule has 182 valence electrons. The van der Waals surface area contributed by atoms with Crippen molar-refractivity contribution >= 4 is 5.97 Å². The zero-order valence-corrected chi connectivity index (χ0v) is 19.1. The summed E-state index contributed by atoms with van der Waals surface area (Å²) in [6.07, 6.45) is 7.36. The van der Waals surface area contributed by atoms with E-state index in [1.807, 2.05) is 0 Å². The summed E-state index contributed by atoms with van der Waals surface area (Å²) in [7, 11) is 0. The molecule has 0 radical (unpaired) electrons. The molecule has 1 saturated carbocycles. The van der Waals surface area contributed by atoms with E-state index in [1.165, 1.54) is 6.42 Å². The summed E-state index contributed by atoms with van der Waals surface area (Å²) < 4.78 is 59.0. The van der Waals surface area contributed by atoms with Gasteiger partial charge in [0.2, 0.25) is 0 Å². The van der Waals surface area contributed by atoms with Crippen LogP contribution in [0, 0.1) is 34.7 Å². The molecule has 0 aliphatic heterocycles. The van der Waals surface area contributed by atoms with Crippen molar-refractivity contribution in [2.75, 3.05) is 13.2 Å². The Morgan fingerprint density at radius 3 is 2.29 bits per heavy atom. The molecule has 1 aliphatic carbocycles. The molecule has 0 saturated heterocycles. The van der Waals surface area contributed by atoms with E-state index in [2.05, 4.69) is 6.92 Å². The van der Waals surface area contributed by atoms with Gasteiger partial charge in [0.05, 0.1) is 18.3 Å². The predicted octanol–water partition coefficient (Wildman–Crippen LogP) is 6.34. The second kappa shape index (κ2) is 12.4. The molecule has 0 bridgehead atoms. The lowest BCUT2D eigenvalue weighted by atomic mass is 9.88. The van der Waals surface area contributed by atoms with Crippen LogP contribution in [0.3, 0.4) is 0 Å². The van der Waals surface area contributed by atoms with Crippen LogP contribution in [-0.2, 0) is 4.74 Å². The summed E-state index contributed by atoms with van der Waals surface area (Å²) in [5.74, 6) is -4.54. The highest BCUT2D eigenvalue weighted by molar-refractivity contribution is 5.91. The van der Waals surface area contributed by atoms with E-state index in [0.29, 0.717) is 6.61 Å². The van der Waals surface area contributed by atoms with Gasteiger partial charge in [-0.05, 0) is 50.2 Å². The number of halogens is 3. The highest BCUT2D eigenvalue weighted by Crippen LogP contribution is 2.29. The van der Waals surface area contributed by atoms with Crippen LogP contribution in [0.1, 0.15) is 67.8 Å². The molecule has 5 nitrogen and oxygen atoms in total. The van der Waals surface area contributed by atoms with Crippen molar-refractivity contribution in [2.45, 2.75) is 58.0 Å². The van der Waals surface area contributed by atoms with Crippen LogP contribution >= 0.6 is 0 Å². The number of benzene rings is 2. The lowest BCUT2D eigenvalue weighted by Crippen LogP contribution is -2.25. The normalized spacial score (nSPS) is 17.7. The molecule has 0 spiro atoms. The molecule has 2 aromatic carbocycles. The summed E-state index contributed by atoms with van der Waals surface area (Å²) in [6, 6.07) is 6.56. The monoisotopic (exact) mass is 475 g/mol. The first-order valence-corrected chi connectivity index (χ1v) is 11.6. The topological polar surface area (TPSA) is 68.6 Å². The van der Waals surface area contributed by atoms with Crippen molar-refractivity contribution in [1.29, 1.82) is 5.26 Å². The number of ether oxygens (including phenoxy) is 3. The minimum Gasteiger partial charge on any atom is -0.493 e. The van der Waals surface area contributed by atoms with Crippen LogP contribution in [0.25, 0.3) is 0 Å². The van der Waals surface area contributed by atoms with E-state index in [0.717, 1.165) is 75.5 Å². The minimum atomic E-state index is -1.32. The van der Waals surface area contributed by atoms with Gasteiger partial charge < -0.3 is 14.2 Å². The molecular formula is C26H28F3NO4. The van der Waals surface area contributed by atoms with Crippen molar-refractivity contribution < 1.29 is 32.2 Å². The number of esters is 1. The van der Waals surface area contributed by atoms with Crippen LogP contribution < -0.4 is 9.47 Å². The van der Waals surface area contributed by atoms with Crippen LogP contribution in [-0.4, -0.2) is 25.3 Å². The van der Waals surface area contributed by atoms with Gasteiger partial charge in [0.25, 0.3) is 0 Å². The van der Waals surface area contributed by atoms with Gasteiger partial charge in [-0.3, -0.25) is 0 Å². The van der Waals surface area contributed by atoms with Gasteiger partial charge in [0.1, 0.15) is 40.6 Å². The summed E-state index contributed by atoms with van der Waals surface area (Å²) in [5.41, 5.74) is -1.15. The first-order valence-electron chi connectivity index (χ1n) is 11.6. The molecule has 0 aromatic heterocycles. The highest BCUT2D eigenvalue weighted by atomic mass is 19.1. The molecule has 0 amide bonds. The molecule has 8 heteroatoms. The van der Waals surface area contributed by atoms with E-state index >= 15 is 0 Å². The largest absolute Gasteiger partial charge is 0.493 e. The third-order valence-corrected chi connectivity index (χ3v) is 5.87. The first-order chi connectivity index (χ1) is 16.4. The standard InChI is InChI=1S/C26H28F3NO4/c1-2-3-4-11-32-19-8-5-17(6-9-19)16-33-21-13-23(28)25(24(29)14-21)26(31)34-20-10-7-18(15-30)22(27)12-20/h7,10,12-14,17,19H,2-6,8-9,11,16H2,1H3. The average molecular weight is 476 g/mol. The fourth-order valence-electron chi connectivity index (χ4n) is 3.92. The Hall–Kier alpha value is -3.05. The summed E-state index contributed by atoms with van der Waals surface area (Å²) in [5, 5.41) is 8.74. The van der Waals surface area contributed by atoms with Gasteiger partial charge in [-0.15, -0.1) is 0 Å². The quantitative estimate of drug-likeness (QED) is 0.228. The number of nitrogens with zero attached hydrogens (tertiary/aromatic N) is 1. The molecule has 34 heavy (non-hydrogen) atoms. The van der Waals surface area contributed by atoms with Crippen LogP contribution in [0.4, 0.5) is 13.2 Å². The van der Waals surface area contributed by atoms with E-state index in [1.54, 1.807) is 6.07 Å². The summed E-state index contributed by atoms with van der Waals surface area (Å²) in [4.78, 5) is 12.2. The Labute approximate surface area is 197 Å². The smallest absolute Gasteiger partial charge is 0.349 e. The van der Waals surface area contributed by atoms with Crippen molar-refractivity contribution in [3.8, 4) is 17.6 Å². The van der Waals surface area contributed by atoms with Gasteiger partial charge in [-0.25, -0.2) is 18.0 Å². The van der Waals surface area contributed by atoms with Gasteiger partial charge in [0.15, 0.2) is 0 Å². The second-order valence-corrected chi connectivity index (χ2v) is 8.44. The maximum atomic E-state index is 14.5. The lowest BCUT2D eigenvalue weighted by molar-refractivity contribution is 0.0112.